The minimum atomic E-state index is -0.889. The van der Waals surface area contributed by atoms with Gasteiger partial charge >= 0.3 is 0 Å². The molecule has 0 spiro atoms. The van der Waals surface area contributed by atoms with E-state index >= 15 is 0 Å². The lowest BCUT2D eigenvalue weighted by atomic mass is 10.2. The molecule has 25 heavy (non-hydrogen) atoms. The van der Waals surface area contributed by atoms with Crippen LogP contribution in [0.2, 0.25) is 5.02 Å². The van der Waals surface area contributed by atoms with Crippen LogP contribution in [0, 0.1) is 11.6 Å². The van der Waals surface area contributed by atoms with Gasteiger partial charge < -0.3 is 10.2 Å². The van der Waals surface area contributed by atoms with Crippen molar-refractivity contribution in [2.45, 2.75) is 6.92 Å². The van der Waals surface area contributed by atoms with E-state index in [0.717, 1.165) is 12.1 Å². The van der Waals surface area contributed by atoms with Crippen molar-refractivity contribution in [1.82, 2.24) is 4.90 Å². The second-order valence-electron chi connectivity index (χ2n) is 5.09. The van der Waals surface area contributed by atoms with E-state index in [-0.39, 0.29) is 13.1 Å². The zero-order valence-corrected chi connectivity index (χ0v) is 15.5. The number of amides is 2. The molecule has 0 bridgehead atoms. The van der Waals surface area contributed by atoms with E-state index in [1.165, 1.54) is 17.0 Å². The third-order valence-electron chi connectivity index (χ3n) is 3.39. The van der Waals surface area contributed by atoms with Gasteiger partial charge in [-0.15, -0.1) is 0 Å². The van der Waals surface area contributed by atoms with Crippen molar-refractivity contribution < 1.29 is 18.4 Å². The lowest BCUT2D eigenvalue weighted by Crippen LogP contribution is -2.38. The van der Waals surface area contributed by atoms with Crippen LogP contribution in [-0.4, -0.2) is 29.8 Å². The third kappa shape index (κ3) is 4.76. The Hall–Kier alpha value is -1.99. The van der Waals surface area contributed by atoms with Gasteiger partial charge in [0.2, 0.25) is 5.91 Å². The number of carbonyl (C=O) groups is 2. The molecule has 2 amide bonds. The molecule has 2 aromatic rings. The summed E-state index contributed by atoms with van der Waals surface area (Å²) in [7, 11) is 0. The predicted octanol–water partition coefficient (Wildman–Crippen LogP) is 4.48. The lowest BCUT2D eigenvalue weighted by Gasteiger charge is -2.21. The average Bonchev–Trinajstić information content (AvgIpc) is 2.57. The smallest absolute Gasteiger partial charge is 0.255 e. The molecule has 0 aromatic heterocycles. The highest BCUT2D eigenvalue weighted by Gasteiger charge is 2.21. The Labute approximate surface area is 156 Å². The quantitative estimate of drug-likeness (QED) is 0.759. The third-order valence-corrected chi connectivity index (χ3v) is 4.32. The van der Waals surface area contributed by atoms with Crippen molar-refractivity contribution in [3.05, 3.63) is 63.1 Å². The molecule has 0 saturated carbocycles. The van der Waals surface area contributed by atoms with Crippen molar-refractivity contribution in [1.29, 1.82) is 0 Å². The van der Waals surface area contributed by atoms with Crippen molar-refractivity contribution in [3.8, 4) is 0 Å². The summed E-state index contributed by atoms with van der Waals surface area (Å²) in [4.78, 5) is 25.9. The number of halogens is 4. The van der Waals surface area contributed by atoms with Gasteiger partial charge in [-0.2, -0.15) is 0 Å². The second-order valence-corrected chi connectivity index (χ2v) is 6.38. The van der Waals surface area contributed by atoms with Crippen LogP contribution in [-0.2, 0) is 4.79 Å². The Morgan fingerprint density at radius 2 is 1.84 bits per heavy atom. The van der Waals surface area contributed by atoms with Crippen LogP contribution in [0.5, 0.6) is 0 Å². The number of nitrogens with one attached hydrogen (secondary N) is 1. The zero-order valence-electron chi connectivity index (χ0n) is 13.2. The van der Waals surface area contributed by atoms with Crippen LogP contribution in [0.15, 0.2) is 40.9 Å². The van der Waals surface area contributed by atoms with Crippen molar-refractivity contribution in [2.75, 3.05) is 18.4 Å². The molecule has 132 valence electrons. The number of likely N-dealkylation sites (N-methyl/N-ethyl adjacent to an activating group) is 1. The number of benzene rings is 2. The van der Waals surface area contributed by atoms with Crippen molar-refractivity contribution in [3.63, 3.8) is 0 Å². The highest BCUT2D eigenvalue weighted by Crippen LogP contribution is 2.23. The number of para-hydroxylation sites is 1. The Morgan fingerprint density at radius 1 is 1.20 bits per heavy atom. The average molecular weight is 432 g/mol. The van der Waals surface area contributed by atoms with Crippen LogP contribution >= 0.6 is 27.5 Å². The Bertz CT molecular complexity index is 797. The Morgan fingerprint density at radius 3 is 2.44 bits per heavy atom. The van der Waals surface area contributed by atoms with E-state index in [1.807, 2.05) is 0 Å². The van der Waals surface area contributed by atoms with Crippen LogP contribution in [0.1, 0.15) is 17.3 Å². The molecule has 0 saturated heterocycles. The number of carbonyl (C=O) groups excluding carboxylic acids is 2. The molecule has 8 heteroatoms. The number of rotatable bonds is 5. The van der Waals surface area contributed by atoms with E-state index in [9.17, 15) is 18.4 Å². The van der Waals surface area contributed by atoms with Gasteiger partial charge in [0.25, 0.3) is 5.91 Å². The summed E-state index contributed by atoms with van der Waals surface area (Å²) < 4.78 is 27.7. The molecule has 0 aliphatic heterocycles. The predicted molar refractivity (Wildman–Crippen MR) is 95.7 cm³/mol. The van der Waals surface area contributed by atoms with Crippen LogP contribution in [0.25, 0.3) is 0 Å². The maximum atomic E-state index is 13.6. The van der Waals surface area contributed by atoms with Gasteiger partial charge in [0.1, 0.15) is 23.9 Å². The maximum Gasteiger partial charge on any atom is 0.255 e. The normalized spacial score (nSPS) is 10.4. The van der Waals surface area contributed by atoms with Crippen LogP contribution < -0.4 is 5.32 Å². The van der Waals surface area contributed by atoms with Crippen LogP contribution in [0.3, 0.4) is 0 Å². The van der Waals surface area contributed by atoms with E-state index in [0.29, 0.717) is 15.1 Å². The topological polar surface area (TPSA) is 49.4 Å². The monoisotopic (exact) mass is 430 g/mol. The fourth-order valence-corrected chi connectivity index (χ4v) is 2.72. The molecule has 0 atom stereocenters. The molecular formula is C17H14BrClF2N2O2. The van der Waals surface area contributed by atoms with E-state index in [1.54, 1.807) is 19.1 Å². The highest BCUT2D eigenvalue weighted by atomic mass is 79.9. The first-order chi connectivity index (χ1) is 11.8. The molecule has 1 N–H and O–H groups in total. The first kappa shape index (κ1) is 19.3. The van der Waals surface area contributed by atoms with Gasteiger partial charge in [0.05, 0.1) is 5.56 Å². The van der Waals surface area contributed by atoms with Gasteiger partial charge in [-0.3, -0.25) is 9.59 Å². The SMILES string of the molecule is CCN(CC(=O)Nc1c(F)cccc1F)C(=O)c1cc(Cl)ccc1Br. The molecule has 0 aliphatic rings. The molecule has 0 unspecified atom stereocenters. The zero-order chi connectivity index (χ0) is 18.6. The molecule has 0 heterocycles. The molecule has 2 aromatic carbocycles. The molecule has 0 aliphatic carbocycles. The van der Waals surface area contributed by atoms with Crippen LogP contribution in [0.4, 0.5) is 14.5 Å². The number of hydrogen-bond donors (Lipinski definition) is 1. The molecule has 2 rings (SSSR count). The molecule has 4 nitrogen and oxygen atoms in total. The number of anilines is 1. The lowest BCUT2D eigenvalue weighted by molar-refractivity contribution is -0.116. The fourth-order valence-electron chi connectivity index (χ4n) is 2.13. The molecule has 0 fully saturated rings. The van der Waals surface area contributed by atoms with E-state index in [4.69, 9.17) is 11.6 Å². The van der Waals surface area contributed by atoms with E-state index in [2.05, 4.69) is 21.2 Å². The van der Waals surface area contributed by atoms with Gasteiger partial charge in [-0.25, -0.2) is 8.78 Å². The minimum absolute atomic E-state index is 0.227. The summed E-state index contributed by atoms with van der Waals surface area (Å²) >= 11 is 9.16. The number of nitrogens with zero attached hydrogens (tertiary/aromatic N) is 1. The second kappa shape index (κ2) is 8.40. The highest BCUT2D eigenvalue weighted by molar-refractivity contribution is 9.10. The number of hydrogen-bond acceptors (Lipinski definition) is 2. The Balaban J connectivity index is 2.14. The summed E-state index contributed by atoms with van der Waals surface area (Å²) in [6.07, 6.45) is 0. The maximum absolute atomic E-state index is 13.6. The largest absolute Gasteiger partial charge is 0.330 e. The van der Waals surface area contributed by atoms with Gasteiger partial charge in [0, 0.05) is 16.0 Å². The summed E-state index contributed by atoms with van der Waals surface area (Å²) in [5, 5.41) is 2.53. The standard InChI is InChI=1S/C17H14BrClF2N2O2/c1-2-23(17(25)11-8-10(19)6-7-12(11)18)9-15(24)22-16-13(20)4-3-5-14(16)21/h3-8H,2,9H2,1H3,(H,22,24). The van der Waals surface area contributed by atoms with Gasteiger partial charge in [0.15, 0.2) is 0 Å². The minimum Gasteiger partial charge on any atom is -0.330 e. The molecular weight excluding hydrogens is 418 g/mol. The summed E-state index contributed by atoms with van der Waals surface area (Å²) in [6.45, 7) is 1.56. The first-order valence-corrected chi connectivity index (χ1v) is 8.48. The van der Waals surface area contributed by atoms with E-state index < -0.39 is 29.1 Å². The Kier molecular flexibility index (Phi) is 6.50. The van der Waals surface area contributed by atoms with Gasteiger partial charge in [-0.05, 0) is 53.2 Å². The summed E-state index contributed by atoms with van der Waals surface area (Å²) in [5.41, 5.74) is -0.251. The fraction of sp³-hybridized carbons (Fsp3) is 0.176. The first-order valence-electron chi connectivity index (χ1n) is 7.31. The van der Waals surface area contributed by atoms with Crippen molar-refractivity contribution >= 4 is 45.0 Å². The van der Waals surface area contributed by atoms with Gasteiger partial charge in [-0.1, -0.05) is 17.7 Å². The summed E-state index contributed by atoms with van der Waals surface area (Å²) in [5.74, 6) is -2.92. The summed E-state index contributed by atoms with van der Waals surface area (Å²) in [6, 6.07) is 7.98. The molecule has 0 radical (unpaired) electrons. The van der Waals surface area contributed by atoms with Crippen molar-refractivity contribution in [2.24, 2.45) is 0 Å².